The molecule has 5 N–H and O–H groups in total. The molecule has 0 spiro atoms. The second-order valence-corrected chi connectivity index (χ2v) is 9.71. The smallest absolute Gasteiger partial charge is 0.223 e. The van der Waals surface area contributed by atoms with Gasteiger partial charge in [0.2, 0.25) is 17.8 Å². The van der Waals surface area contributed by atoms with Gasteiger partial charge in [-0.15, -0.1) is 0 Å². The highest BCUT2D eigenvalue weighted by atomic mass is 19.2. The van der Waals surface area contributed by atoms with Crippen LogP contribution in [0.1, 0.15) is 63.1 Å². The summed E-state index contributed by atoms with van der Waals surface area (Å²) >= 11 is 0. The van der Waals surface area contributed by atoms with Crippen molar-refractivity contribution >= 4 is 36.0 Å². The van der Waals surface area contributed by atoms with Crippen molar-refractivity contribution in [2.24, 2.45) is 21.6 Å². The van der Waals surface area contributed by atoms with Crippen LogP contribution >= 0.6 is 0 Å². The number of nitrogens with one attached hydrogen (secondary N) is 2. The highest BCUT2D eigenvalue weighted by molar-refractivity contribution is 5.96. The SMILES string of the molecule is C=NC(=N[C@@H]1CCC[C@H](O)C1)Nc1c(C)nc(Nc2ccc(F)c(F)c2F)n1C1CCC(C(N)=O)CC1. The number of hydrogen-bond acceptors (Lipinski definition) is 5. The van der Waals surface area contributed by atoms with Crippen LogP contribution in [-0.4, -0.2) is 45.4 Å². The van der Waals surface area contributed by atoms with Gasteiger partial charge in [-0.2, -0.15) is 0 Å². The number of aromatic nitrogens is 2. The van der Waals surface area contributed by atoms with Crippen LogP contribution in [0.25, 0.3) is 0 Å². The summed E-state index contributed by atoms with van der Waals surface area (Å²) in [5, 5.41) is 16.0. The molecule has 0 aliphatic heterocycles. The normalized spacial score (nSPS) is 24.5. The number of halogens is 3. The Bertz CT molecular complexity index is 1190. The van der Waals surface area contributed by atoms with E-state index in [9.17, 15) is 23.1 Å². The molecule has 0 saturated heterocycles. The minimum Gasteiger partial charge on any atom is -0.393 e. The van der Waals surface area contributed by atoms with E-state index in [0.29, 0.717) is 43.6 Å². The number of amides is 1. The van der Waals surface area contributed by atoms with Crippen LogP contribution in [0.4, 0.5) is 30.6 Å². The molecule has 9 nitrogen and oxygen atoms in total. The van der Waals surface area contributed by atoms with Crippen molar-refractivity contribution in [3.05, 3.63) is 35.3 Å². The fourth-order valence-electron chi connectivity index (χ4n) is 5.15. The van der Waals surface area contributed by atoms with E-state index in [1.807, 2.05) is 4.57 Å². The van der Waals surface area contributed by atoms with E-state index in [-0.39, 0.29) is 41.5 Å². The van der Waals surface area contributed by atoms with Crippen molar-refractivity contribution in [3.8, 4) is 0 Å². The minimum atomic E-state index is -1.58. The quantitative estimate of drug-likeness (QED) is 0.256. The maximum absolute atomic E-state index is 14.5. The van der Waals surface area contributed by atoms with Gasteiger partial charge >= 0.3 is 0 Å². The lowest BCUT2D eigenvalue weighted by atomic mass is 9.85. The number of carbonyl (C=O) groups is 1. The van der Waals surface area contributed by atoms with Crippen molar-refractivity contribution in [3.63, 3.8) is 0 Å². The van der Waals surface area contributed by atoms with Crippen molar-refractivity contribution < 1.29 is 23.1 Å². The molecule has 4 rings (SSSR count). The first-order chi connectivity index (χ1) is 17.7. The van der Waals surface area contributed by atoms with E-state index < -0.39 is 23.6 Å². The molecule has 1 amide bonds. The first kappa shape index (κ1) is 26.6. The van der Waals surface area contributed by atoms with Crippen molar-refractivity contribution in [1.82, 2.24) is 9.55 Å². The predicted molar refractivity (Wildman–Crippen MR) is 136 cm³/mol. The highest BCUT2D eigenvalue weighted by Gasteiger charge is 2.30. The Morgan fingerprint density at radius 2 is 1.89 bits per heavy atom. The van der Waals surface area contributed by atoms with Gasteiger partial charge in [-0.1, -0.05) is 0 Å². The standard InChI is InChI=1S/C25H32F3N7O2/c1-13-23(34-24(30-2)32-15-4-3-5-17(36)12-15)35(16-8-6-14(7-9-16)22(29)37)25(31-13)33-19-11-10-18(26)20(27)21(19)28/h10-11,14-17,36H,2-9,12H2,1H3,(H2,29,37)(H,31,33)(H,32,34)/t14?,15-,16?,17+/m1/s1. The van der Waals surface area contributed by atoms with Gasteiger partial charge in [0.25, 0.3) is 0 Å². The molecule has 200 valence electrons. The fourth-order valence-corrected chi connectivity index (χ4v) is 5.15. The second kappa shape index (κ2) is 11.3. The molecule has 2 aliphatic carbocycles. The van der Waals surface area contributed by atoms with Gasteiger partial charge in [0, 0.05) is 12.0 Å². The molecule has 2 fully saturated rings. The van der Waals surface area contributed by atoms with E-state index >= 15 is 0 Å². The number of rotatable bonds is 6. The molecule has 1 heterocycles. The molecule has 2 atom stereocenters. The third kappa shape index (κ3) is 5.95. The summed E-state index contributed by atoms with van der Waals surface area (Å²) in [7, 11) is 0. The summed E-state index contributed by atoms with van der Waals surface area (Å²) in [6.07, 6.45) is 4.84. The highest BCUT2D eigenvalue weighted by Crippen LogP contribution is 2.38. The van der Waals surface area contributed by atoms with Crippen LogP contribution in [-0.2, 0) is 4.79 Å². The van der Waals surface area contributed by atoms with Crippen LogP contribution in [0.5, 0.6) is 0 Å². The third-order valence-corrected chi connectivity index (χ3v) is 7.13. The van der Waals surface area contributed by atoms with Crippen molar-refractivity contribution in [2.75, 3.05) is 10.6 Å². The summed E-state index contributed by atoms with van der Waals surface area (Å²) in [6, 6.07) is 1.67. The average molecular weight is 520 g/mol. The Labute approximate surface area is 213 Å². The van der Waals surface area contributed by atoms with E-state index in [0.717, 1.165) is 31.4 Å². The Balaban J connectivity index is 1.69. The molecular weight excluding hydrogens is 487 g/mol. The fraction of sp³-hybridized carbons (Fsp3) is 0.520. The zero-order valence-electron chi connectivity index (χ0n) is 20.7. The summed E-state index contributed by atoms with van der Waals surface area (Å²) in [6.45, 7) is 5.36. The number of hydrogen-bond donors (Lipinski definition) is 4. The van der Waals surface area contributed by atoms with E-state index in [1.165, 1.54) is 0 Å². The summed E-state index contributed by atoms with van der Waals surface area (Å²) < 4.78 is 43.7. The van der Waals surface area contributed by atoms with Crippen molar-refractivity contribution in [2.45, 2.75) is 76.5 Å². The molecule has 1 aromatic carbocycles. The van der Waals surface area contributed by atoms with Gasteiger partial charge < -0.3 is 21.5 Å². The number of aryl methyl sites for hydroxylation is 1. The van der Waals surface area contributed by atoms with Gasteiger partial charge in [0.1, 0.15) is 5.82 Å². The van der Waals surface area contributed by atoms with Crippen LogP contribution in [0.2, 0.25) is 0 Å². The average Bonchev–Trinajstić information content (AvgIpc) is 3.18. The molecule has 37 heavy (non-hydrogen) atoms. The minimum absolute atomic E-state index is 0.117. The lowest BCUT2D eigenvalue weighted by molar-refractivity contribution is -0.122. The lowest BCUT2D eigenvalue weighted by Gasteiger charge is -2.30. The Kier molecular flexibility index (Phi) is 8.16. The van der Waals surface area contributed by atoms with E-state index in [1.54, 1.807) is 6.92 Å². The van der Waals surface area contributed by atoms with Crippen LogP contribution in [0.3, 0.4) is 0 Å². The molecule has 2 aliphatic rings. The van der Waals surface area contributed by atoms with E-state index in [2.05, 4.69) is 32.3 Å². The van der Waals surface area contributed by atoms with E-state index in [4.69, 9.17) is 5.73 Å². The first-order valence-corrected chi connectivity index (χ1v) is 12.5. The molecular formula is C25H32F3N7O2. The Morgan fingerprint density at radius 1 is 1.16 bits per heavy atom. The molecule has 0 unspecified atom stereocenters. The Morgan fingerprint density at radius 3 is 2.54 bits per heavy atom. The predicted octanol–water partition coefficient (Wildman–Crippen LogP) is 4.34. The number of primary amides is 1. The van der Waals surface area contributed by atoms with Gasteiger partial charge in [-0.3, -0.25) is 9.36 Å². The Hall–Kier alpha value is -3.41. The first-order valence-electron chi connectivity index (χ1n) is 12.5. The molecule has 2 saturated carbocycles. The maximum atomic E-state index is 14.5. The number of imidazole rings is 1. The zero-order chi connectivity index (χ0) is 26.7. The summed E-state index contributed by atoms with van der Waals surface area (Å²) in [5.74, 6) is -3.83. The molecule has 0 radical (unpaired) electrons. The largest absolute Gasteiger partial charge is 0.393 e. The number of nitrogens with zero attached hydrogens (tertiary/aromatic N) is 4. The van der Waals surface area contributed by atoms with Crippen LogP contribution in [0.15, 0.2) is 22.1 Å². The van der Waals surface area contributed by atoms with Crippen LogP contribution in [0, 0.1) is 30.3 Å². The maximum Gasteiger partial charge on any atom is 0.223 e. The van der Waals surface area contributed by atoms with Crippen molar-refractivity contribution in [1.29, 1.82) is 0 Å². The monoisotopic (exact) mass is 519 g/mol. The van der Waals surface area contributed by atoms with Gasteiger partial charge in [0.15, 0.2) is 17.5 Å². The number of aliphatic hydroxyl groups excluding tert-OH is 1. The second-order valence-electron chi connectivity index (χ2n) is 9.71. The topological polar surface area (TPSA) is 130 Å². The summed E-state index contributed by atoms with van der Waals surface area (Å²) in [4.78, 5) is 24.9. The van der Waals surface area contributed by atoms with Gasteiger partial charge in [-0.25, -0.2) is 28.1 Å². The lowest BCUT2D eigenvalue weighted by Crippen LogP contribution is -2.29. The number of nitrogens with two attached hydrogens (primary N) is 1. The van der Waals surface area contributed by atoms with Gasteiger partial charge in [-0.05, 0) is 77.1 Å². The number of guanidine groups is 1. The number of benzene rings is 1. The molecule has 2 aromatic rings. The molecule has 12 heteroatoms. The number of carbonyl (C=O) groups excluding carboxylic acids is 1. The number of aliphatic hydroxyl groups is 1. The summed E-state index contributed by atoms with van der Waals surface area (Å²) in [5.41, 5.74) is 5.76. The van der Waals surface area contributed by atoms with Gasteiger partial charge in [0.05, 0.1) is 23.5 Å². The number of anilines is 3. The molecule has 1 aromatic heterocycles. The number of aliphatic imine (C=N–C) groups is 2. The molecule has 0 bridgehead atoms. The zero-order valence-corrected chi connectivity index (χ0v) is 20.7. The third-order valence-electron chi connectivity index (χ3n) is 7.13. The van der Waals surface area contributed by atoms with Crippen LogP contribution < -0.4 is 16.4 Å².